The summed E-state index contributed by atoms with van der Waals surface area (Å²) in [6, 6.07) is 11.7. The number of nitrogens with one attached hydrogen (secondary N) is 1. The third kappa shape index (κ3) is 4.41. The second-order valence-corrected chi connectivity index (χ2v) is 13.0. The van der Waals surface area contributed by atoms with E-state index in [4.69, 9.17) is 4.98 Å². The van der Waals surface area contributed by atoms with Gasteiger partial charge in [-0.3, -0.25) is 4.79 Å². The van der Waals surface area contributed by atoms with Crippen LogP contribution in [0, 0.1) is 0 Å². The van der Waals surface area contributed by atoms with Crippen LogP contribution in [0.2, 0.25) is 0 Å². The number of hydrogen-bond acceptors (Lipinski definition) is 8. The number of aromatic nitrogens is 5. The Balaban J connectivity index is 1.43. The number of likely N-dealkylation sites (N-methyl/N-ethyl adjacent to an activating group) is 1. The van der Waals surface area contributed by atoms with Crippen molar-refractivity contribution >= 4 is 38.2 Å². The van der Waals surface area contributed by atoms with E-state index in [2.05, 4.69) is 56.4 Å². The molecule has 1 aromatic carbocycles. The molecular weight excluding hydrogens is 500 g/mol. The molecule has 0 radical (unpaired) electrons. The van der Waals surface area contributed by atoms with Crippen molar-refractivity contribution in [2.75, 3.05) is 31.4 Å². The second kappa shape index (κ2) is 8.88. The highest BCUT2D eigenvalue weighted by atomic mass is 32.2. The van der Waals surface area contributed by atoms with Gasteiger partial charge < -0.3 is 10.2 Å². The minimum atomic E-state index is -2.41. The van der Waals surface area contributed by atoms with Gasteiger partial charge in [-0.2, -0.15) is 9.35 Å². The summed E-state index contributed by atoms with van der Waals surface area (Å²) in [5, 5.41) is 3.69. The van der Waals surface area contributed by atoms with Crippen LogP contribution < -0.4 is 10.9 Å². The zero-order valence-electron chi connectivity index (χ0n) is 21.7. The Morgan fingerprint density at radius 3 is 2.76 bits per heavy atom. The average Bonchev–Trinajstić information content (AvgIpc) is 3.55. The van der Waals surface area contributed by atoms with E-state index in [1.165, 1.54) is 34.8 Å². The third-order valence-corrected chi connectivity index (χ3v) is 7.65. The molecule has 0 atom stereocenters. The molecule has 6 rings (SSSR count). The molecule has 196 valence electrons. The number of allylic oxidation sites excluding steroid dienone is 1. The molecule has 4 aromatic rings. The van der Waals surface area contributed by atoms with Crippen molar-refractivity contribution < 1.29 is 4.21 Å². The Morgan fingerprint density at radius 1 is 1.21 bits per heavy atom. The molecule has 38 heavy (non-hydrogen) atoms. The summed E-state index contributed by atoms with van der Waals surface area (Å²) in [4.78, 5) is 29.4. The van der Waals surface area contributed by atoms with Gasteiger partial charge in [0.05, 0.1) is 6.54 Å². The predicted molar refractivity (Wildman–Crippen MR) is 150 cm³/mol. The highest BCUT2D eigenvalue weighted by Crippen LogP contribution is 2.52. The molecule has 10 nitrogen and oxygen atoms in total. The maximum atomic E-state index is 13.2. The smallest absolute Gasteiger partial charge is 0.278 e. The first-order valence-electron chi connectivity index (χ1n) is 12.5. The molecule has 0 unspecified atom stereocenters. The molecule has 1 aliphatic heterocycles. The lowest BCUT2D eigenvalue weighted by Gasteiger charge is -2.32. The summed E-state index contributed by atoms with van der Waals surface area (Å²) in [6.07, 6.45) is 8.76. The Hall–Kier alpha value is -3.83. The minimum Gasteiger partial charge on any atom is -0.324 e. The summed E-state index contributed by atoms with van der Waals surface area (Å²) in [5.41, 5.74) is 4.14. The van der Waals surface area contributed by atoms with Crippen molar-refractivity contribution in [1.29, 1.82) is 0 Å². The molecule has 0 bridgehead atoms. The van der Waals surface area contributed by atoms with Crippen LogP contribution in [0.1, 0.15) is 24.0 Å². The minimum absolute atomic E-state index is 0.249. The number of nitrogens with zero attached hydrogens (tertiary/aromatic N) is 7. The van der Waals surface area contributed by atoms with E-state index in [1.54, 1.807) is 41.5 Å². The maximum absolute atomic E-state index is 13.2. The van der Waals surface area contributed by atoms with Gasteiger partial charge in [0.25, 0.3) is 5.56 Å². The van der Waals surface area contributed by atoms with Gasteiger partial charge in [-0.15, -0.1) is 6.58 Å². The van der Waals surface area contributed by atoms with Crippen LogP contribution in [0.15, 0.2) is 64.4 Å². The molecule has 1 saturated carbocycles. The number of fused-ring (bicyclic) bond motifs is 3. The van der Waals surface area contributed by atoms with Gasteiger partial charge in [-0.05, 0) is 55.3 Å². The van der Waals surface area contributed by atoms with Crippen molar-refractivity contribution in [3.05, 3.63) is 76.7 Å². The number of hydrogen-bond donors (Lipinski definition) is 1. The van der Waals surface area contributed by atoms with Crippen LogP contribution in [0.5, 0.6) is 0 Å². The van der Waals surface area contributed by atoms with Crippen LogP contribution in [0.4, 0.5) is 17.5 Å². The number of pyridine rings is 1. The fourth-order valence-electron chi connectivity index (χ4n) is 5.39. The van der Waals surface area contributed by atoms with Crippen molar-refractivity contribution in [3.63, 3.8) is 0 Å². The maximum Gasteiger partial charge on any atom is 0.278 e. The standard InChI is InChI=1S/C27H30N8O2S/c1-5-13-34-25(36)20-15-28-26(29-19-9-10-21-18(14-19)16-33(2)17-27(21)11-12-27)31-24(20)35(34)23-8-6-7-22(30-23)32-38(3,4)37/h5-10,14-15H,1,11-13,16-17H2,2-4H3,(H,28,29,31). The molecule has 1 spiro atoms. The SMILES string of the molecule is C=CCn1c(=O)c2cnc(Nc3ccc4c(c3)CN(C)CC43CC3)nc2n1-c1cccc(N=S(C)(C)=O)n1. The molecule has 1 fully saturated rings. The summed E-state index contributed by atoms with van der Waals surface area (Å²) in [7, 11) is -0.239. The summed E-state index contributed by atoms with van der Waals surface area (Å²) >= 11 is 0. The highest BCUT2D eigenvalue weighted by molar-refractivity contribution is 7.92. The zero-order chi connectivity index (χ0) is 26.7. The van der Waals surface area contributed by atoms with Crippen LogP contribution in [-0.4, -0.2) is 59.5 Å². The van der Waals surface area contributed by atoms with Gasteiger partial charge in [0.2, 0.25) is 5.95 Å². The Kier molecular flexibility index (Phi) is 5.73. The van der Waals surface area contributed by atoms with E-state index < -0.39 is 9.73 Å². The van der Waals surface area contributed by atoms with E-state index in [9.17, 15) is 9.00 Å². The van der Waals surface area contributed by atoms with Crippen LogP contribution >= 0.6 is 0 Å². The van der Waals surface area contributed by atoms with Crippen LogP contribution in [-0.2, 0) is 28.2 Å². The Morgan fingerprint density at radius 2 is 2.03 bits per heavy atom. The largest absolute Gasteiger partial charge is 0.324 e. The van der Waals surface area contributed by atoms with Crippen molar-refractivity contribution in [1.82, 2.24) is 29.2 Å². The van der Waals surface area contributed by atoms with Crippen molar-refractivity contribution in [3.8, 4) is 5.82 Å². The molecular formula is C27H30N8O2S. The van der Waals surface area contributed by atoms with Crippen molar-refractivity contribution in [2.45, 2.75) is 31.3 Å². The highest BCUT2D eigenvalue weighted by Gasteiger charge is 2.48. The van der Waals surface area contributed by atoms with E-state index in [-0.39, 0.29) is 12.1 Å². The molecule has 3 aromatic heterocycles. The topological polar surface area (TPSA) is 110 Å². The number of anilines is 2. The second-order valence-electron chi connectivity index (χ2n) is 10.5. The fraction of sp³-hybridized carbons (Fsp3) is 0.333. The van der Waals surface area contributed by atoms with Crippen molar-refractivity contribution in [2.24, 2.45) is 4.36 Å². The van der Waals surface area contributed by atoms with Gasteiger partial charge in [-0.25, -0.2) is 23.5 Å². The van der Waals surface area contributed by atoms with Gasteiger partial charge in [0, 0.05) is 52.6 Å². The lowest BCUT2D eigenvalue weighted by molar-refractivity contribution is 0.271. The third-order valence-electron chi connectivity index (χ3n) is 7.03. The van der Waals surface area contributed by atoms with E-state index in [1.807, 2.05) is 0 Å². The van der Waals surface area contributed by atoms with Gasteiger partial charge >= 0.3 is 0 Å². The Bertz CT molecular complexity index is 1770. The quantitative estimate of drug-likeness (QED) is 0.378. The van der Waals surface area contributed by atoms with E-state index >= 15 is 0 Å². The number of benzene rings is 1. The lowest BCUT2D eigenvalue weighted by Crippen LogP contribution is -2.35. The van der Waals surface area contributed by atoms with Crippen LogP contribution in [0.3, 0.4) is 0 Å². The Labute approximate surface area is 221 Å². The molecule has 0 amide bonds. The molecule has 2 aliphatic rings. The summed E-state index contributed by atoms with van der Waals surface area (Å²) in [5.74, 6) is 1.12. The summed E-state index contributed by atoms with van der Waals surface area (Å²) < 4.78 is 19.6. The summed E-state index contributed by atoms with van der Waals surface area (Å²) in [6.45, 7) is 6.07. The molecule has 0 saturated heterocycles. The molecule has 1 aliphatic carbocycles. The van der Waals surface area contributed by atoms with Gasteiger partial charge in [0.15, 0.2) is 17.3 Å². The van der Waals surface area contributed by atoms with Gasteiger partial charge in [0.1, 0.15) is 5.39 Å². The normalized spacial score (nSPS) is 16.4. The lowest BCUT2D eigenvalue weighted by atomic mass is 9.87. The molecule has 4 heterocycles. The van der Waals surface area contributed by atoms with Gasteiger partial charge in [-0.1, -0.05) is 18.2 Å². The first-order chi connectivity index (χ1) is 18.2. The number of rotatable bonds is 6. The van der Waals surface area contributed by atoms with Crippen LogP contribution in [0.25, 0.3) is 16.9 Å². The molecule has 11 heteroatoms. The average molecular weight is 531 g/mol. The fourth-order valence-corrected chi connectivity index (χ4v) is 5.94. The van der Waals surface area contributed by atoms with E-state index in [0.717, 1.165) is 18.8 Å². The molecule has 1 N–H and O–H groups in total. The monoisotopic (exact) mass is 530 g/mol. The first-order valence-corrected chi connectivity index (χ1v) is 14.8. The predicted octanol–water partition coefficient (Wildman–Crippen LogP) is 3.74. The first kappa shape index (κ1) is 24.5. The zero-order valence-corrected chi connectivity index (χ0v) is 22.5. The van der Waals surface area contributed by atoms with E-state index in [0.29, 0.717) is 34.0 Å².